The maximum absolute atomic E-state index is 13.8. The number of hydrogen-bond donors (Lipinski definition) is 3. The normalized spacial score (nSPS) is 11.1. The number of aromatic amines is 2. The molecule has 3 aromatic heterocycles. The largest absolute Gasteiger partial charge is 0.286 e. The molecule has 1 amide bonds. The van der Waals surface area contributed by atoms with Gasteiger partial charge in [-0.1, -0.05) is 17.2 Å². The van der Waals surface area contributed by atoms with Crippen molar-refractivity contribution >= 4 is 17.5 Å². The van der Waals surface area contributed by atoms with E-state index in [1.165, 1.54) is 24.3 Å². The summed E-state index contributed by atoms with van der Waals surface area (Å²) in [6.45, 7) is 0. The first-order valence-corrected chi connectivity index (χ1v) is 8.10. The van der Waals surface area contributed by atoms with E-state index in [1.54, 1.807) is 0 Å². The SMILES string of the molecule is O=C(Nc1nn[nH]n1)c1cc2nc(CCc3cccc(F)c3F)cc(=O)n2[nH]1. The van der Waals surface area contributed by atoms with E-state index in [0.717, 1.165) is 10.6 Å². The van der Waals surface area contributed by atoms with Crippen LogP contribution in [0.3, 0.4) is 0 Å². The smallest absolute Gasteiger partial charge is 0.276 e. The lowest BCUT2D eigenvalue weighted by atomic mass is 10.1. The van der Waals surface area contributed by atoms with E-state index < -0.39 is 23.1 Å². The Bertz CT molecular complexity index is 1220. The summed E-state index contributed by atoms with van der Waals surface area (Å²) in [5.74, 6) is -2.46. The summed E-state index contributed by atoms with van der Waals surface area (Å²) in [4.78, 5) is 28.7. The Morgan fingerprint density at radius 1 is 1.21 bits per heavy atom. The number of nitrogens with one attached hydrogen (secondary N) is 3. The Morgan fingerprint density at radius 3 is 2.86 bits per heavy atom. The van der Waals surface area contributed by atoms with Crippen molar-refractivity contribution in [1.29, 1.82) is 0 Å². The predicted molar refractivity (Wildman–Crippen MR) is 91.7 cm³/mol. The van der Waals surface area contributed by atoms with Crippen molar-refractivity contribution < 1.29 is 13.6 Å². The molecule has 0 fully saturated rings. The van der Waals surface area contributed by atoms with Crippen molar-refractivity contribution in [3.8, 4) is 0 Å². The van der Waals surface area contributed by atoms with Crippen LogP contribution in [0.1, 0.15) is 21.7 Å². The van der Waals surface area contributed by atoms with E-state index in [9.17, 15) is 18.4 Å². The first-order valence-electron chi connectivity index (χ1n) is 8.10. The third-order valence-corrected chi connectivity index (χ3v) is 4.00. The highest BCUT2D eigenvalue weighted by atomic mass is 19.2. The van der Waals surface area contributed by atoms with Gasteiger partial charge in [0.05, 0.1) is 0 Å². The number of H-pyrrole nitrogens is 2. The van der Waals surface area contributed by atoms with Crippen LogP contribution in [0, 0.1) is 11.6 Å². The number of aromatic nitrogens is 7. The van der Waals surface area contributed by atoms with Crippen molar-refractivity contribution in [2.24, 2.45) is 0 Å². The van der Waals surface area contributed by atoms with Crippen molar-refractivity contribution in [3.63, 3.8) is 0 Å². The average Bonchev–Trinajstić information content (AvgIpc) is 3.33. The Hall–Kier alpha value is -3.96. The van der Waals surface area contributed by atoms with Gasteiger partial charge in [-0.3, -0.25) is 20.0 Å². The summed E-state index contributed by atoms with van der Waals surface area (Å²) in [5.41, 5.74) is 0.399. The molecule has 0 unspecified atom stereocenters. The molecule has 12 heteroatoms. The second-order valence-corrected chi connectivity index (χ2v) is 5.85. The van der Waals surface area contributed by atoms with Crippen LogP contribution in [0.5, 0.6) is 0 Å². The van der Waals surface area contributed by atoms with Gasteiger partial charge >= 0.3 is 0 Å². The third-order valence-electron chi connectivity index (χ3n) is 4.00. The summed E-state index contributed by atoms with van der Waals surface area (Å²) in [6.07, 6.45) is 0.392. The van der Waals surface area contributed by atoms with Crippen LogP contribution >= 0.6 is 0 Å². The number of carbonyl (C=O) groups is 1. The number of anilines is 1. The Balaban J connectivity index is 1.57. The molecule has 1 aromatic carbocycles. The number of tetrazole rings is 1. The highest BCUT2D eigenvalue weighted by Gasteiger charge is 2.15. The highest BCUT2D eigenvalue weighted by Crippen LogP contribution is 2.14. The summed E-state index contributed by atoms with van der Waals surface area (Å²) in [5, 5.41) is 17.7. The second kappa shape index (κ2) is 6.98. The predicted octanol–water partition coefficient (Wildman–Crippen LogP) is 0.851. The molecular weight excluding hydrogens is 374 g/mol. The van der Waals surface area contributed by atoms with Gasteiger partial charge < -0.3 is 0 Å². The molecule has 28 heavy (non-hydrogen) atoms. The molecule has 0 spiro atoms. The van der Waals surface area contributed by atoms with Crippen molar-refractivity contribution in [2.75, 3.05) is 5.32 Å². The number of rotatable bonds is 5. The quantitative estimate of drug-likeness (QED) is 0.466. The summed E-state index contributed by atoms with van der Waals surface area (Å²) < 4.78 is 28.1. The molecule has 4 rings (SSSR count). The second-order valence-electron chi connectivity index (χ2n) is 5.85. The molecule has 3 N–H and O–H groups in total. The van der Waals surface area contributed by atoms with E-state index in [4.69, 9.17) is 0 Å². The number of aryl methyl sites for hydroxylation is 2. The van der Waals surface area contributed by atoms with Crippen LogP contribution in [-0.2, 0) is 12.8 Å². The molecule has 142 valence electrons. The minimum absolute atomic E-state index is 0.0261. The molecule has 10 nitrogen and oxygen atoms in total. The van der Waals surface area contributed by atoms with E-state index in [1.807, 2.05) is 0 Å². The zero-order valence-corrected chi connectivity index (χ0v) is 14.1. The number of amides is 1. The van der Waals surface area contributed by atoms with Gasteiger partial charge in [0.25, 0.3) is 17.4 Å². The lowest BCUT2D eigenvalue weighted by Crippen LogP contribution is -2.18. The Morgan fingerprint density at radius 2 is 2.07 bits per heavy atom. The summed E-state index contributed by atoms with van der Waals surface area (Å²) in [6, 6.07) is 6.57. The molecule has 0 aliphatic heterocycles. The molecule has 0 saturated carbocycles. The van der Waals surface area contributed by atoms with E-state index >= 15 is 0 Å². The van der Waals surface area contributed by atoms with E-state index in [-0.39, 0.29) is 35.7 Å². The monoisotopic (exact) mass is 386 g/mol. The van der Waals surface area contributed by atoms with Gasteiger partial charge in [0.15, 0.2) is 17.3 Å². The number of halogens is 2. The Kier molecular flexibility index (Phi) is 4.35. The number of nitrogens with zero attached hydrogens (tertiary/aromatic N) is 5. The molecule has 3 heterocycles. The number of hydrogen-bond acceptors (Lipinski definition) is 6. The van der Waals surface area contributed by atoms with Crippen LogP contribution in [0.2, 0.25) is 0 Å². The molecule has 4 aromatic rings. The lowest BCUT2D eigenvalue weighted by Gasteiger charge is -2.04. The van der Waals surface area contributed by atoms with Crippen molar-refractivity contribution in [2.45, 2.75) is 12.8 Å². The highest BCUT2D eigenvalue weighted by molar-refractivity contribution is 6.02. The zero-order valence-electron chi connectivity index (χ0n) is 14.1. The lowest BCUT2D eigenvalue weighted by molar-refractivity contribution is 0.102. The number of carbonyl (C=O) groups excluding carboxylic acids is 1. The molecule has 0 atom stereocenters. The topological polar surface area (TPSA) is 134 Å². The molecule has 0 aliphatic carbocycles. The molecule has 0 saturated heterocycles. The molecule has 0 bridgehead atoms. The van der Waals surface area contributed by atoms with Crippen LogP contribution in [0.15, 0.2) is 35.1 Å². The summed E-state index contributed by atoms with van der Waals surface area (Å²) in [7, 11) is 0. The van der Waals surface area contributed by atoms with E-state index in [2.05, 4.69) is 36.0 Å². The third kappa shape index (κ3) is 3.34. The van der Waals surface area contributed by atoms with Gasteiger partial charge in [0.1, 0.15) is 5.69 Å². The van der Waals surface area contributed by atoms with Crippen LogP contribution in [0.25, 0.3) is 5.65 Å². The molecular formula is C16H12F2N8O2. The zero-order chi connectivity index (χ0) is 19.7. The maximum atomic E-state index is 13.8. The van der Waals surface area contributed by atoms with Crippen LogP contribution in [0.4, 0.5) is 14.7 Å². The maximum Gasteiger partial charge on any atom is 0.276 e. The number of fused-ring (bicyclic) bond motifs is 1. The first kappa shape index (κ1) is 17.5. The minimum Gasteiger partial charge on any atom is -0.286 e. The van der Waals surface area contributed by atoms with Crippen molar-refractivity contribution in [1.82, 2.24) is 35.2 Å². The standard InChI is InChI=1S/C16H12F2N8O2/c17-10-3-1-2-8(14(10)18)4-5-9-6-13(27)26-12(19-9)7-11(23-26)15(28)20-16-21-24-25-22-16/h1-3,6-7,23H,4-5H2,(H2,20,21,22,24,25,28). The van der Waals surface area contributed by atoms with E-state index in [0.29, 0.717) is 5.69 Å². The van der Waals surface area contributed by atoms with Gasteiger partial charge in [0, 0.05) is 17.8 Å². The fraction of sp³-hybridized carbons (Fsp3) is 0.125. The van der Waals surface area contributed by atoms with Gasteiger partial charge in [0.2, 0.25) is 0 Å². The van der Waals surface area contributed by atoms with Crippen LogP contribution < -0.4 is 10.9 Å². The molecule has 0 radical (unpaired) electrons. The average molecular weight is 386 g/mol. The van der Waals surface area contributed by atoms with Gasteiger partial charge in [-0.15, -0.1) is 5.10 Å². The Labute approximate surface area is 154 Å². The number of benzene rings is 1. The van der Waals surface area contributed by atoms with Gasteiger partial charge in [-0.05, 0) is 29.7 Å². The fourth-order valence-corrected chi connectivity index (χ4v) is 2.67. The molecule has 0 aliphatic rings. The van der Waals surface area contributed by atoms with Gasteiger partial charge in [-0.2, -0.15) is 5.21 Å². The fourth-order valence-electron chi connectivity index (χ4n) is 2.67. The van der Waals surface area contributed by atoms with Gasteiger partial charge in [-0.25, -0.2) is 18.3 Å². The minimum atomic E-state index is -0.927. The van der Waals surface area contributed by atoms with Crippen molar-refractivity contribution in [3.05, 3.63) is 69.3 Å². The first-order chi connectivity index (χ1) is 13.5. The van der Waals surface area contributed by atoms with Crippen LogP contribution in [-0.4, -0.2) is 41.1 Å². The summed E-state index contributed by atoms with van der Waals surface area (Å²) >= 11 is 0.